The van der Waals surface area contributed by atoms with Gasteiger partial charge < -0.3 is 15.5 Å². The number of carbonyl (C=O) groups excluding carboxylic acids is 1. The Bertz CT molecular complexity index is 1050. The molecule has 0 aliphatic carbocycles. The first-order chi connectivity index (χ1) is 15.7. The highest BCUT2D eigenvalue weighted by Gasteiger charge is 2.08. The predicted octanol–water partition coefficient (Wildman–Crippen LogP) is 3.60. The number of amides is 1. The second-order valence-electron chi connectivity index (χ2n) is 8.27. The van der Waals surface area contributed by atoms with E-state index in [4.69, 9.17) is 0 Å². The smallest absolute Gasteiger partial charge is 0.230 e. The lowest BCUT2D eigenvalue weighted by Gasteiger charge is -2.16. The number of anilines is 2. The zero-order chi connectivity index (χ0) is 22.2. The second kappa shape index (κ2) is 10.8. The highest BCUT2D eigenvalue weighted by Crippen LogP contribution is 2.20. The number of benzene rings is 2. The topological polar surface area (TPSA) is 83.0 Å². The Morgan fingerprint density at radius 2 is 1.69 bits per heavy atom. The minimum atomic E-state index is 0.119. The maximum Gasteiger partial charge on any atom is 0.230 e. The van der Waals surface area contributed by atoms with Crippen molar-refractivity contribution in [2.45, 2.75) is 32.1 Å². The number of carbonyl (C=O) groups is 1. The van der Waals surface area contributed by atoms with Gasteiger partial charge in [-0.15, -0.1) is 0 Å². The number of fused-ring (bicyclic) bond motifs is 7. The molecule has 32 heavy (non-hydrogen) atoms. The van der Waals surface area contributed by atoms with Crippen molar-refractivity contribution in [2.75, 3.05) is 32.0 Å². The molecule has 0 atom stereocenters. The van der Waals surface area contributed by atoms with Crippen LogP contribution in [0, 0.1) is 0 Å². The van der Waals surface area contributed by atoms with Crippen LogP contribution in [0.15, 0.2) is 54.9 Å². The van der Waals surface area contributed by atoms with Gasteiger partial charge in [-0.3, -0.25) is 4.79 Å². The Labute approximate surface area is 189 Å². The zero-order valence-electron chi connectivity index (χ0n) is 18.6. The van der Waals surface area contributed by atoms with Crippen LogP contribution < -0.4 is 10.6 Å². The van der Waals surface area contributed by atoms with Crippen LogP contribution in [-0.2, 0) is 17.6 Å². The minimum Gasteiger partial charge on any atom is -0.356 e. The summed E-state index contributed by atoms with van der Waals surface area (Å²) in [5.41, 5.74) is 4.31. The van der Waals surface area contributed by atoms with Gasteiger partial charge in [0.15, 0.2) is 5.82 Å². The summed E-state index contributed by atoms with van der Waals surface area (Å²) in [4.78, 5) is 27.8. The lowest BCUT2D eigenvalue weighted by molar-refractivity contribution is -0.121. The van der Waals surface area contributed by atoms with E-state index in [2.05, 4.69) is 67.9 Å². The van der Waals surface area contributed by atoms with Crippen LogP contribution in [0.5, 0.6) is 0 Å². The molecule has 4 rings (SSSR count). The largest absolute Gasteiger partial charge is 0.356 e. The Hall–Kier alpha value is -3.32. The summed E-state index contributed by atoms with van der Waals surface area (Å²) in [6.45, 7) is 2.56. The molecule has 1 aliphatic rings. The van der Waals surface area contributed by atoms with Crippen LogP contribution in [0.1, 0.15) is 30.4 Å². The molecule has 0 radical (unpaired) electrons. The van der Waals surface area contributed by atoms with Gasteiger partial charge in [-0.05, 0) is 75.1 Å². The first kappa shape index (κ1) is 21.9. The number of aryl methyl sites for hydroxylation is 1. The van der Waals surface area contributed by atoms with Gasteiger partial charge in [0.2, 0.25) is 11.9 Å². The van der Waals surface area contributed by atoms with Crippen molar-refractivity contribution in [2.24, 2.45) is 0 Å². The van der Waals surface area contributed by atoms with Gasteiger partial charge in [-0.1, -0.05) is 30.3 Å². The molecule has 7 nitrogen and oxygen atoms in total. The van der Waals surface area contributed by atoms with E-state index in [1.807, 2.05) is 18.2 Å². The van der Waals surface area contributed by atoms with Crippen molar-refractivity contribution in [3.05, 3.63) is 66.0 Å². The van der Waals surface area contributed by atoms with E-state index in [0.717, 1.165) is 55.6 Å². The van der Waals surface area contributed by atoms with Crippen molar-refractivity contribution in [3.63, 3.8) is 0 Å². The zero-order valence-corrected chi connectivity index (χ0v) is 18.6. The van der Waals surface area contributed by atoms with Crippen LogP contribution in [0.25, 0.3) is 11.4 Å². The van der Waals surface area contributed by atoms with Crippen molar-refractivity contribution >= 4 is 17.5 Å². The Morgan fingerprint density at radius 1 is 0.906 bits per heavy atom. The summed E-state index contributed by atoms with van der Waals surface area (Å²) < 4.78 is 0. The fourth-order valence-electron chi connectivity index (χ4n) is 3.90. The number of nitrogens with one attached hydrogen (secondary N) is 2. The highest BCUT2D eigenvalue weighted by molar-refractivity contribution is 5.75. The molecule has 1 aliphatic heterocycles. The van der Waals surface area contributed by atoms with E-state index < -0.39 is 0 Å². The van der Waals surface area contributed by atoms with Gasteiger partial charge >= 0.3 is 0 Å². The molecule has 0 unspecified atom stereocenters. The van der Waals surface area contributed by atoms with Crippen LogP contribution in [-0.4, -0.2) is 52.4 Å². The third-order valence-corrected chi connectivity index (χ3v) is 5.62. The normalized spacial score (nSPS) is 16.3. The van der Waals surface area contributed by atoms with Crippen LogP contribution in [0.2, 0.25) is 0 Å². The van der Waals surface area contributed by atoms with Gasteiger partial charge in [0.1, 0.15) is 6.33 Å². The predicted molar refractivity (Wildman–Crippen MR) is 127 cm³/mol. The highest BCUT2D eigenvalue weighted by atomic mass is 16.1. The minimum absolute atomic E-state index is 0.119. The Balaban J connectivity index is 1.56. The van der Waals surface area contributed by atoms with Crippen LogP contribution in [0.3, 0.4) is 0 Å². The summed E-state index contributed by atoms with van der Waals surface area (Å²) in [6.07, 6.45) is 5.80. The molecule has 2 aromatic carbocycles. The lowest BCUT2D eigenvalue weighted by Crippen LogP contribution is -2.27. The van der Waals surface area contributed by atoms with Crippen molar-refractivity contribution in [3.8, 4) is 11.4 Å². The number of nitrogens with zero attached hydrogens (tertiary/aromatic N) is 4. The van der Waals surface area contributed by atoms with Gasteiger partial charge in [-0.25, -0.2) is 9.97 Å². The quantitative estimate of drug-likeness (QED) is 0.567. The third-order valence-electron chi connectivity index (χ3n) is 5.62. The summed E-state index contributed by atoms with van der Waals surface area (Å²) in [5.74, 6) is 1.29. The van der Waals surface area contributed by atoms with E-state index in [1.165, 1.54) is 5.56 Å². The first-order valence-electron chi connectivity index (χ1n) is 11.3. The molecule has 2 N–H and O–H groups in total. The lowest BCUT2D eigenvalue weighted by atomic mass is 10.1. The maximum absolute atomic E-state index is 12.2. The van der Waals surface area contributed by atoms with E-state index in [1.54, 1.807) is 6.33 Å². The molecule has 0 saturated heterocycles. The number of hydrogen-bond acceptors (Lipinski definition) is 6. The monoisotopic (exact) mass is 430 g/mol. The Kier molecular flexibility index (Phi) is 7.40. The van der Waals surface area contributed by atoms with Gasteiger partial charge in [-0.2, -0.15) is 4.98 Å². The second-order valence-corrected chi connectivity index (χ2v) is 8.27. The average Bonchev–Trinajstić information content (AvgIpc) is 2.79. The third kappa shape index (κ3) is 6.34. The number of hydrogen-bond donors (Lipinski definition) is 2. The molecule has 1 aromatic heterocycles. The molecule has 2 heterocycles. The molecular formula is C25H30N6O. The number of rotatable bonds is 0. The van der Waals surface area contributed by atoms with E-state index >= 15 is 0 Å². The summed E-state index contributed by atoms with van der Waals surface area (Å²) in [6, 6.07) is 16.5. The first-order valence-corrected chi connectivity index (χ1v) is 11.3. The van der Waals surface area contributed by atoms with Crippen LogP contribution in [0.4, 0.5) is 11.6 Å². The molecule has 7 heteroatoms. The standard InChI is InChI=1S/C25H30N6O/c1-31-14-4-8-19-6-2-9-21(16-19)24-27-18-28-25(30-24)29-22-10-3-7-20(17-22)12-13-26-23(32)11-5-15-31/h2-3,6-7,9-10,16-18H,4-5,8,11-15H2,1H3,(H,26,32)(H,27,28,29,30). The molecule has 0 fully saturated rings. The molecular weight excluding hydrogens is 400 g/mol. The molecule has 166 valence electrons. The van der Waals surface area contributed by atoms with Crippen molar-refractivity contribution in [1.29, 1.82) is 0 Å². The van der Waals surface area contributed by atoms with Gasteiger partial charge in [0.05, 0.1) is 0 Å². The summed E-state index contributed by atoms with van der Waals surface area (Å²) in [7, 11) is 2.12. The molecule has 3 aromatic rings. The maximum atomic E-state index is 12.2. The fourth-order valence-corrected chi connectivity index (χ4v) is 3.90. The summed E-state index contributed by atoms with van der Waals surface area (Å²) in [5, 5.41) is 6.32. The molecule has 0 spiro atoms. The van der Waals surface area contributed by atoms with E-state index in [0.29, 0.717) is 24.7 Å². The molecule has 0 saturated carbocycles. The fraction of sp³-hybridized carbons (Fsp3) is 0.360. The van der Waals surface area contributed by atoms with Crippen LogP contribution >= 0.6 is 0 Å². The van der Waals surface area contributed by atoms with E-state index in [-0.39, 0.29) is 5.91 Å². The SMILES string of the molecule is CN1CCCC(=O)NCCc2cccc(c2)Nc2ncnc(n2)-c2cccc(c2)CCC1. The average molecular weight is 431 g/mol. The number of aromatic nitrogens is 3. The van der Waals surface area contributed by atoms with Crippen molar-refractivity contribution < 1.29 is 4.79 Å². The van der Waals surface area contributed by atoms with Crippen molar-refractivity contribution in [1.82, 2.24) is 25.2 Å². The summed E-state index contributed by atoms with van der Waals surface area (Å²) >= 11 is 0. The molecule has 6 bridgehead atoms. The molecule has 1 amide bonds. The Morgan fingerprint density at radius 3 is 2.56 bits per heavy atom. The van der Waals surface area contributed by atoms with E-state index in [9.17, 15) is 4.79 Å². The van der Waals surface area contributed by atoms with Gasteiger partial charge in [0.25, 0.3) is 0 Å². The van der Waals surface area contributed by atoms with Gasteiger partial charge in [0, 0.05) is 24.2 Å².